The van der Waals surface area contributed by atoms with Crippen molar-refractivity contribution in [2.24, 2.45) is 4.99 Å². The number of hydrogen-bond acceptors (Lipinski definition) is 6. The highest BCUT2D eigenvalue weighted by molar-refractivity contribution is 7.07. The number of thiazole rings is 1. The van der Waals surface area contributed by atoms with Crippen LogP contribution in [0.2, 0.25) is 0 Å². The Balaban J connectivity index is 1.64. The number of amides is 1. The van der Waals surface area contributed by atoms with Gasteiger partial charge in [-0.3, -0.25) is 24.3 Å². The van der Waals surface area contributed by atoms with Gasteiger partial charge in [-0.25, -0.2) is 4.99 Å². The zero-order valence-electron chi connectivity index (χ0n) is 20.0. The van der Waals surface area contributed by atoms with Gasteiger partial charge in [0.2, 0.25) is 0 Å². The molecule has 0 saturated carbocycles. The lowest BCUT2D eigenvalue weighted by atomic mass is 9.94. The number of anilines is 1. The molecular formula is C28H22N4O4S. The second-order valence-electron chi connectivity index (χ2n) is 8.66. The molecule has 1 amide bonds. The Kier molecular flexibility index (Phi) is 6.37. The molecule has 0 saturated heterocycles. The number of benzene rings is 3. The van der Waals surface area contributed by atoms with E-state index in [1.54, 1.807) is 41.8 Å². The highest BCUT2D eigenvalue weighted by Gasteiger charge is 2.32. The van der Waals surface area contributed by atoms with Crippen molar-refractivity contribution in [3.63, 3.8) is 0 Å². The average molecular weight is 511 g/mol. The first kappa shape index (κ1) is 24.1. The van der Waals surface area contributed by atoms with Crippen molar-refractivity contribution in [1.82, 2.24) is 4.57 Å². The van der Waals surface area contributed by atoms with Crippen LogP contribution in [0.25, 0.3) is 6.08 Å². The Morgan fingerprint density at radius 3 is 2.35 bits per heavy atom. The third-order valence-electron chi connectivity index (χ3n) is 6.09. The molecule has 0 aliphatic carbocycles. The van der Waals surface area contributed by atoms with Gasteiger partial charge in [0, 0.05) is 17.8 Å². The fourth-order valence-corrected chi connectivity index (χ4v) is 5.29. The molecule has 4 aromatic rings. The second-order valence-corrected chi connectivity index (χ2v) is 9.67. The molecule has 0 unspecified atom stereocenters. The Hall–Kier alpha value is -4.63. The minimum Gasteiger partial charge on any atom is -0.322 e. The maximum absolute atomic E-state index is 13.7. The summed E-state index contributed by atoms with van der Waals surface area (Å²) in [6.45, 7) is 3.75. The van der Waals surface area contributed by atoms with Gasteiger partial charge in [0.05, 0.1) is 26.8 Å². The zero-order chi connectivity index (χ0) is 26.1. The number of fused-ring (bicyclic) bond motifs is 1. The highest BCUT2D eigenvalue weighted by atomic mass is 32.1. The normalized spacial score (nSPS) is 15.2. The van der Waals surface area contributed by atoms with Crippen molar-refractivity contribution in [2.45, 2.75) is 19.9 Å². The minimum absolute atomic E-state index is 0.0253. The van der Waals surface area contributed by atoms with E-state index >= 15 is 0 Å². The quantitative estimate of drug-likeness (QED) is 0.322. The summed E-state index contributed by atoms with van der Waals surface area (Å²) in [6, 6.07) is 22.2. The van der Waals surface area contributed by atoms with Crippen LogP contribution in [-0.2, 0) is 4.79 Å². The molecular weight excluding hydrogens is 488 g/mol. The number of aryl methyl sites for hydroxylation is 1. The number of nitrogens with one attached hydrogen (secondary N) is 1. The first-order valence-corrected chi connectivity index (χ1v) is 12.3. The van der Waals surface area contributed by atoms with Crippen LogP contribution in [0, 0.1) is 17.0 Å². The van der Waals surface area contributed by atoms with Gasteiger partial charge in [-0.1, -0.05) is 59.4 Å². The van der Waals surface area contributed by atoms with Crippen LogP contribution in [-0.4, -0.2) is 15.4 Å². The lowest BCUT2D eigenvalue weighted by Gasteiger charge is -2.25. The van der Waals surface area contributed by atoms with Crippen molar-refractivity contribution in [3.05, 3.63) is 137 Å². The summed E-state index contributed by atoms with van der Waals surface area (Å²) >= 11 is 1.22. The van der Waals surface area contributed by atoms with E-state index in [9.17, 15) is 19.7 Å². The van der Waals surface area contributed by atoms with E-state index in [-0.39, 0.29) is 17.2 Å². The summed E-state index contributed by atoms with van der Waals surface area (Å²) < 4.78 is 1.97. The van der Waals surface area contributed by atoms with Crippen LogP contribution in [0.1, 0.15) is 29.7 Å². The molecule has 9 heteroatoms. The number of para-hydroxylation sites is 1. The number of nitro groups is 1. The summed E-state index contributed by atoms with van der Waals surface area (Å²) in [5.41, 5.74) is 3.76. The number of carbonyl (C=O) groups excluding carboxylic acids is 1. The van der Waals surface area contributed by atoms with Crippen LogP contribution < -0.4 is 20.2 Å². The van der Waals surface area contributed by atoms with Gasteiger partial charge in [0.25, 0.3) is 17.2 Å². The SMILES string of the molecule is CC1=C(C(=O)Nc2ccccc2)[C@@H](c2ccc(C)cc2)n2c(s/c(=C/c3ccc([N+](=O)[O-])cc3)c2=O)=N1. The maximum Gasteiger partial charge on any atom is 0.271 e. The van der Waals surface area contributed by atoms with Crippen molar-refractivity contribution in [3.8, 4) is 0 Å². The van der Waals surface area contributed by atoms with Gasteiger partial charge < -0.3 is 5.32 Å². The van der Waals surface area contributed by atoms with Crippen molar-refractivity contribution in [1.29, 1.82) is 0 Å². The Labute approximate surface area is 215 Å². The molecule has 3 aromatic carbocycles. The number of rotatable bonds is 5. The third kappa shape index (κ3) is 4.76. The first-order valence-electron chi connectivity index (χ1n) is 11.5. The number of aromatic nitrogens is 1. The van der Waals surface area contributed by atoms with Gasteiger partial charge in [-0.05, 0) is 55.3 Å². The number of hydrogen-bond donors (Lipinski definition) is 1. The third-order valence-corrected chi connectivity index (χ3v) is 7.08. The number of nitrogens with zero attached hydrogens (tertiary/aromatic N) is 3. The van der Waals surface area contributed by atoms with Crippen LogP contribution >= 0.6 is 11.3 Å². The molecule has 0 bridgehead atoms. The van der Waals surface area contributed by atoms with E-state index in [1.807, 2.05) is 49.4 Å². The van der Waals surface area contributed by atoms with E-state index in [4.69, 9.17) is 0 Å². The van der Waals surface area contributed by atoms with E-state index in [1.165, 1.54) is 23.5 Å². The van der Waals surface area contributed by atoms with Gasteiger partial charge in [0.15, 0.2) is 4.80 Å². The molecule has 1 aliphatic heterocycles. The fraction of sp³-hybridized carbons (Fsp3) is 0.107. The molecule has 1 N–H and O–H groups in total. The molecule has 0 radical (unpaired) electrons. The Morgan fingerprint density at radius 2 is 1.70 bits per heavy atom. The predicted molar refractivity (Wildman–Crippen MR) is 143 cm³/mol. The lowest BCUT2D eigenvalue weighted by molar-refractivity contribution is -0.384. The first-order chi connectivity index (χ1) is 17.8. The van der Waals surface area contributed by atoms with E-state index in [2.05, 4.69) is 10.3 Å². The second kappa shape index (κ2) is 9.79. The monoisotopic (exact) mass is 510 g/mol. The summed E-state index contributed by atoms with van der Waals surface area (Å²) in [6.07, 6.45) is 1.68. The van der Waals surface area contributed by atoms with Gasteiger partial charge in [-0.2, -0.15) is 0 Å². The average Bonchev–Trinajstić information content (AvgIpc) is 3.18. The minimum atomic E-state index is -0.667. The molecule has 37 heavy (non-hydrogen) atoms. The van der Waals surface area contributed by atoms with Crippen molar-refractivity contribution >= 4 is 34.7 Å². The molecule has 0 spiro atoms. The number of non-ortho nitro benzene ring substituents is 1. The number of allylic oxidation sites excluding steroid dienone is 1. The van der Waals surface area contributed by atoms with Gasteiger partial charge in [-0.15, -0.1) is 0 Å². The van der Waals surface area contributed by atoms with Crippen LogP contribution in [0.5, 0.6) is 0 Å². The lowest BCUT2D eigenvalue weighted by Crippen LogP contribution is -2.40. The standard InChI is InChI=1S/C28H22N4O4S/c1-17-8-12-20(13-9-17)25-24(26(33)30-21-6-4-3-5-7-21)18(2)29-28-31(25)27(34)23(37-28)16-19-10-14-22(15-11-19)32(35)36/h3-16,25H,1-2H3,(H,30,33)/b23-16+/t25-/m1/s1. The summed E-state index contributed by atoms with van der Waals surface area (Å²) in [7, 11) is 0. The van der Waals surface area contributed by atoms with Crippen molar-refractivity contribution in [2.75, 3.05) is 5.32 Å². The molecule has 1 aromatic heterocycles. The fourth-order valence-electron chi connectivity index (χ4n) is 4.24. The number of carbonyl (C=O) groups is 1. The molecule has 5 rings (SSSR count). The van der Waals surface area contributed by atoms with E-state index in [0.717, 1.165) is 11.1 Å². The van der Waals surface area contributed by atoms with Crippen LogP contribution in [0.15, 0.2) is 99.9 Å². The highest BCUT2D eigenvalue weighted by Crippen LogP contribution is 2.31. The van der Waals surface area contributed by atoms with E-state index < -0.39 is 11.0 Å². The van der Waals surface area contributed by atoms with Gasteiger partial charge in [0.1, 0.15) is 0 Å². The smallest absolute Gasteiger partial charge is 0.271 e. The summed E-state index contributed by atoms with van der Waals surface area (Å²) in [4.78, 5) is 42.9. The summed E-state index contributed by atoms with van der Waals surface area (Å²) in [5, 5.41) is 13.9. The predicted octanol–water partition coefficient (Wildman–Crippen LogP) is 4.09. The van der Waals surface area contributed by atoms with Crippen LogP contribution in [0.4, 0.5) is 11.4 Å². The zero-order valence-corrected chi connectivity index (χ0v) is 20.9. The molecule has 8 nitrogen and oxygen atoms in total. The van der Waals surface area contributed by atoms with Crippen LogP contribution in [0.3, 0.4) is 0 Å². The van der Waals surface area contributed by atoms with E-state index in [0.29, 0.717) is 31.9 Å². The molecule has 0 fully saturated rings. The largest absolute Gasteiger partial charge is 0.322 e. The molecule has 1 atom stereocenters. The van der Waals surface area contributed by atoms with Gasteiger partial charge >= 0.3 is 0 Å². The molecule has 184 valence electrons. The molecule has 2 heterocycles. The summed E-state index contributed by atoms with van der Waals surface area (Å²) in [5.74, 6) is -0.331. The Morgan fingerprint density at radius 1 is 1.03 bits per heavy atom. The van der Waals surface area contributed by atoms with Crippen molar-refractivity contribution < 1.29 is 9.72 Å². The Bertz CT molecular complexity index is 1720. The maximum atomic E-state index is 13.7. The number of nitro benzene ring substituents is 1. The molecule has 1 aliphatic rings. The topological polar surface area (TPSA) is 107 Å².